The van der Waals surface area contributed by atoms with Crippen LogP contribution in [-0.4, -0.2) is 43.7 Å². The van der Waals surface area contributed by atoms with Gasteiger partial charge in [0.2, 0.25) is 5.91 Å². The number of amides is 1. The molecule has 0 bridgehead atoms. The molecule has 1 saturated heterocycles. The Kier molecular flexibility index (Phi) is 9.09. The Morgan fingerprint density at radius 2 is 1.69 bits per heavy atom. The molecule has 0 radical (unpaired) electrons. The summed E-state index contributed by atoms with van der Waals surface area (Å²) in [6.07, 6.45) is 2.78. The summed E-state index contributed by atoms with van der Waals surface area (Å²) in [7, 11) is 0. The fourth-order valence-electron chi connectivity index (χ4n) is 3.89. The topological polar surface area (TPSA) is 64.8 Å². The minimum Gasteiger partial charge on any atom is -0.490 e. The summed E-state index contributed by atoms with van der Waals surface area (Å²) >= 11 is 12.4. The maximum atomic E-state index is 12.9. The van der Waals surface area contributed by atoms with Crippen LogP contribution in [0.15, 0.2) is 36.4 Å². The van der Waals surface area contributed by atoms with Crippen LogP contribution in [0.1, 0.15) is 30.9 Å². The summed E-state index contributed by atoms with van der Waals surface area (Å²) < 4.78 is 11.4. The second-order valence-corrected chi connectivity index (χ2v) is 9.36. The van der Waals surface area contributed by atoms with E-state index in [2.05, 4.69) is 6.92 Å². The first-order valence-corrected chi connectivity index (χ1v) is 11.9. The zero-order valence-corrected chi connectivity index (χ0v) is 20.3. The highest BCUT2D eigenvalue weighted by Gasteiger charge is 2.26. The van der Waals surface area contributed by atoms with E-state index in [1.165, 1.54) is 0 Å². The van der Waals surface area contributed by atoms with E-state index in [1.54, 1.807) is 0 Å². The molecule has 0 aliphatic carbocycles. The first kappa shape index (κ1) is 24.7. The molecule has 7 heteroatoms. The van der Waals surface area contributed by atoms with Crippen molar-refractivity contribution in [2.75, 3.05) is 32.8 Å². The van der Waals surface area contributed by atoms with Gasteiger partial charge in [-0.3, -0.25) is 4.79 Å². The SMILES string of the molecule is Cc1cc(Cl)c(OCCOc2ccc(CC(CN)C(=O)N3CCC(C)CC3)cc2)c(Cl)c1. The third-order valence-electron chi connectivity index (χ3n) is 5.88. The van der Waals surface area contributed by atoms with E-state index in [0.29, 0.717) is 47.9 Å². The van der Waals surface area contributed by atoms with Crippen LogP contribution < -0.4 is 15.2 Å². The lowest BCUT2D eigenvalue weighted by Crippen LogP contribution is -2.44. The minimum atomic E-state index is -0.187. The highest BCUT2D eigenvalue weighted by molar-refractivity contribution is 6.37. The predicted molar refractivity (Wildman–Crippen MR) is 130 cm³/mol. The molecule has 1 aliphatic heterocycles. The van der Waals surface area contributed by atoms with E-state index in [1.807, 2.05) is 48.2 Å². The summed E-state index contributed by atoms with van der Waals surface area (Å²) in [6.45, 7) is 6.87. The summed E-state index contributed by atoms with van der Waals surface area (Å²) in [4.78, 5) is 14.8. The van der Waals surface area contributed by atoms with Crippen LogP contribution in [-0.2, 0) is 11.2 Å². The third kappa shape index (κ3) is 6.77. The van der Waals surface area contributed by atoms with Gasteiger partial charge in [0.1, 0.15) is 19.0 Å². The predicted octanol–water partition coefficient (Wildman–Crippen LogP) is 5.14. The fraction of sp³-hybridized carbons (Fsp3) is 0.480. The lowest BCUT2D eigenvalue weighted by Gasteiger charge is -2.32. The summed E-state index contributed by atoms with van der Waals surface area (Å²) in [6, 6.07) is 11.4. The van der Waals surface area contributed by atoms with Gasteiger partial charge in [-0.25, -0.2) is 0 Å². The molecule has 0 saturated carbocycles. The van der Waals surface area contributed by atoms with Crippen LogP contribution in [0.2, 0.25) is 10.0 Å². The zero-order valence-electron chi connectivity index (χ0n) is 18.8. The van der Waals surface area contributed by atoms with Crippen LogP contribution in [0.4, 0.5) is 0 Å². The number of nitrogens with two attached hydrogens (primary N) is 1. The van der Waals surface area contributed by atoms with Crippen molar-refractivity contribution < 1.29 is 14.3 Å². The molecule has 174 valence electrons. The van der Waals surface area contributed by atoms with Crippen LogP contribution in [0, 0.1) is 18.8 Å². The first-order chi connectivity index (χ1) is 15.4. The number of halogens is 2. The Labute approximate surface area is 200 Å². The molecule has 5 nitrogen and oxygen atoms in total. The van der Waals surface area contributed by atoms with Gasteiger partial charge in [-0.1, -0.05) is 42.3 Å². The van der Waals surface area contributed by atoms with Gasteiger partial charge in [-0.2, -0.15) is 0 Å². The summed E-state index contributed by atoms with van der Waals surface area (Å²) in [5, 5.41) is 0.977. The van der Waals surface area contributed by atoms with E-state index in [4.69, 9.17) is 38.4 Å². The average molecular weight is 479 g/mol. The number of ether oxygens (including phenoxy) is 2. The maximum Gasteiger partial charge on any atom is 0.227 e. The molecule has 1 unspecified atom stereocenters. The average Bonchev–Trinajstić information content (AvgIpc) is 2.77. The smallest absolute Gasteiger partial charge is 0.227 e. The van der Waals surface area contributed by atoms with Gasteiger partial charge >= 0.3 is 0 Å². The van der Waals surface area contributed by atoms with E-state index in [0.717, 1.165) is 42.8 Å². The quantitative estimate of drug-likeness (QED) is 0.506. The van der Waals surface area contributed by atoms with Gasteiger partial charge in [-0.15, -0.1) is 0 Å². The second-order valence-electron chi connectivity index (χ2n) is 8.54. The Morgan fingerprint density at radius 3 is 2.28 bits per heavy atom. The van der Waals surface area contributed by atoms with Crippen molar-refractivity contribution in [3.8, 4) is 11.5 Å². The highest BCUT2D eigenvalue weighted by atomic mass is 35.5. The Hall–Kier alpha value is -1.95. The number of likely N-dealkylation sites (tertiary alicyclic amines) is 1. The normalized spacial score (nSPS) is 15.5. The van der Waals surface area contributed by atoms with Gasteiger partial charge < -0.3 is 20.1 Å². The molecule has 2 aromatic rings. The standard InChI is InChI=1S/C25H32Cl2N2O3/c1-17-7-9-29(10-8-17)25(30)20(16-28)15-19-3-5-21(6-4-19)31-11-12-32-24-22(26)13-18(2)14-23(24)27/h3-6,13-14,17,20H,7-12,15-16,28H2,1-2H3. The van der Waals surface area contributed by atoms with Crippen molar-refractivity contribution in [1.29, 1.82) is 0 Å². The molecule has 1 fully saturated rings. The molecule has 32 heavy (non-hydrogen) atoms. The van der Waals surface area contributed by atoms with Gasteiger partial charge in [0.05, 0.1) is 16.0 Å². The molecule has 1 aliphatic rings. The van der Waals surface area contributed by atoms with Gasteiger partial charge in [-0.05, 0) is 67.5 Å². The van der Waals surface area contributed by atoms with Crippen LogP contribution in [0.25, 0.3) is 0 Å². The molecule has 1 atom stereocenters. The Morgan fingerprint density at radius 1 is 1.09 bits per heavy atom. The molecule has 0 spiro atoms. The lowest BCUT2D eigenvalue weighted by atomic mass is 9.94. The summed E-state index contributed by atoms with van der Waals surface area (Å²) in [5.41, 5.74) is 7.99. The molecule has 1 amide bonds. The number of carbonyl (C=O) groups is 1. The van der Waals surface area contributed by atoms with Gasteiger partial charge in [0.15, 0.2) is 5.75 Å². The molecule has 2 aromatic carbocycles. The number of aryl methyl sites for hydroxylation is 1. The number of carbonyl (C=O) groups excluding carboxylic acids is 1. The maximum absolute atomic E-state index is 12.9. The minimum absolute atomic E-state index is 0.172. The van der Waals surface area contributed by atoms with Crippen LogP contribution >= 0.6 is 23.2 Å². The third-order valence-corrected chi connectivity index (χ3v) is 6.44. The number of hydrogen-bond donors (Lipinski definition) is 1. The van der Waals surface area contributed by atoms with E-state index >= 15 is 0 Å². The molecule has 3 rings (SSSR count). The number of benzene rings is 2. The lowest BCUT2D eigenvalue weighted by molar-refractivity contribution is -0.136. The Bertz CT molecular complexity index is 874. The van der Waals surface area contributed by atoms with Gasteiger partial charge in [0, 0.05) is 19.6 Å². The number of piperidine rings is 1. The van der Waals surface area contributed by atoms with Crippen molar-refractivity contribution in [1.82, 2.24) is 4.90 Å². The van der Waals surface area contributed by atoms with Crippen molar-refractivity contribution in [3.63, 3.8) is 0 Å². The first-order valence-electron chi connectivity index (χ1n) is 11.2. The van der Waals surface area contributed by atoms with E-state index in [-0.39, 0.29) is 11.8 Å². The van der Waals surface area contributed by atoms with Crippen molar-refractivity contribution in [3.05, 3.63) is 57.6 Å². The second kappa shape index (κ2) is 11.8. The van der Waals surface area contributed by atoms with E-state index < -0.39 is 0 Å². The van der Waals surface area contributed by atoms with E-state index in [9.17, 15) is 4.79 Å². The molecule has 1 heterocycles. The zero-order chi connectivity index (χ0) is 23.1. The monoisotopic (exact) mass is 478 g/mol. The number of nitrogens with zero attached hydrogens (tertiary/aromatic N) is 1. The Balaban J connectivity index is 1.46. The number of rotatable bonds is 9. The van der Waals surface area contributed by atoms with Crippen molar-refractivity contribution in [2.24, 2.45) is 17.6 Å². The van der Waals surface area contributed by atoms with Crippen molar-refractivity contribution in [2.45, 2.75) is 33.1 Å². The number of hydrogen-bond acceptors (Lipinski definition) is 4. The molecular formula is C25H32Cl2N2O3. The fourth-order valence-corrected chi connectivity index (χ4v) is 4.60. The molecular weight excluding hydrogens is 447 g/mol. The van der Waals surface area contributed by atoms with Crippen LogP contribution in [0.3, 0.4) is 0 Å². The molecule has 2 N–H and O–H groups in total. The van der Waals surface area contributed by atoms with Crippen LogP contribution in [0.5, 0.6) is 11.5 Å². The largest absolute Gasteiger partial charge is 0.490 e. The van der Waals surface area contributed by atoms with Gasteiger partial charge in [0.25, 0.3) is 0 Å². The summed E-state index contributed by atoms with van der Waals surface area (Å²) in [5.74, 6) is 1.88. The molecule has 0 aromatic heterocycles. The van der Waals surface area contributed by atoms with Crippen molar-refractivity contribution >= 4 is 29.1 Å². The highest BCUT2D eigenvalue weighted by Crippen LogP contribution is 2.34.